The molecule has 0 aliphatic rings. The summed E-state index contributed by atoms with van der Waals surface area (Å²) in [4.78, 5) is 38.7. The van der Waals surface area contributed by atoms with E-state index in [0.29, 0.717) is 48.8 Å². The van der Waals surface area contributed by atoms with Crippen LogP contribution in [0.2, 0.25) is 0 Å². The van der Waals surface area contributed by atoms with Crippen LogP contribution in [0.5, 0.6) is 0 Å². The Balaban J connectivity index is 3.20. The minimum atomic E-state index is -0.480. The zero-order valence-electron chi connectivity index (χ0n) is 16.5. The van der Waals surface area contributed by atoms with Crippen LogP contribution in [0.1, 0.15) is 46.0 Å². The molecule has 2 amide bonds. The second-order valence-corrected chi connectivity index (χ2v) is 5.84. The Bertz CT molecular complexity index is 666. The predicted molar refractivity (Wildman–Crippen MR) is 97.8 cm³/mol. The Kier molecular flexibility index (Phi) is 8.31. The molecule has 1 aromatic rings. The van der Waals surface area contributed by atoms with Crippen LogP contribution in [0, 0.1) is 13.8 Å². The zero-order chi connectivity index (χ0) is 19.9. The van der Waals surface area contributed by atoms with Crippen molar-refractivity contribution in [3.63, 3.8) is 0 Å². The molecule has 26 heavy (non-hydrogen) atoms. The summed E-state index contributed by atoms with van der Waals surface area (Å²) < 4.78 is 11.6. The van der Waals surface area contributed by atoms with Gasteiger partial charge in [0.1, 0.15) is 5.69 Å². The van der Waals surface area contributed by atoms with Crippen molar-refractivity contribution in [1.29, 1.82) is 0 Å². The number of Topliss-reactive ketones (excluding diaryl/α,β-unsaturated/α-hetero) is 1. The molecule has 0 saturated heterocycles. The lowest BCUT2D eigenvalue weighted by atomic mass is 10.1. The van der Waals surface area contributed by atoms with Gasteiger partial charge >= 0.3 is 12.0 Å². The Morgan fingerprint density at radius 3 is 2.31 bits per heavy atom. The topological polar surface area (TPSA) is 89.9 Å². The predicted octanol–water partition coefficient (Wildman–Crippen LogP) is 1.77. The molecule has 0 unspecified atom stereocenters. The summed E-state index contributed by atoms with van der Waals surface area (Å²) in [6.45, 7) is 8.76. The number of nitrogens with zero attached hydrogens (tertiary/aromatic N) is 2. The van der Waals surface area contributed by atoms with Crippen LogP contribution in [0.25, 0.3) is 0 Å². The fourth-order valence-electron chi connectivity index (χ4n) is 3.03. The monoisotopic (exact) mass is 367 g/mol. The maximum atomic E-state index is 12.9. The van der Waals surface area contributed by atoms with Crippen LogP contribution in [-0.4, -0.2) is 67.7 Å². The lowest BCUT2D eigenvalue weighted by Gasteiger charge is -2.22. The number of ketones is 1. The average molecular weight is 367 g/mol. The van der Waals surface area contributed by atoms with Crippen molar-refractivity contribution < 1.29 is 23.9 Å². The molecule has 0 fully saturated rings. The van der Waals surface area contributed by atoms with Gasteiger partial charge in [0.25, 0.3) is 0 Å². The number of urea groups is 1. The molecule has 146 valence electrons. The van der Waals surface area contributed by atoms with E-state index in [9.17, 15) is 14.4 Å². The Morgan fingerprint density at radius 1 is 1.15 bits per heavy atom. The smallest absolute Gasteiger partial charge is 0.354 e. The third-order valence-corrected chi connectivity index (χ3v) is 4.26. The van der Waals surface area contributed by atoms with Gasteiger partial charge in [-0.25, -0.2) is 9.59 Å². The molecule has 0 aliphatic heterocycles. The lowest BCUT2D eigenvalue weighted by Crippen LogP contribution is -2.44. The van der Waals surface area contributed by atoms with Crippen LogP contribution in [-0.2, 0) is 16.0 Å². The summed E-state index contributed by atoms with van der Waals surface area (Å²) in [5.41, 5.74) is 2.10. The number of carbonyl (C=O) groups excluding carboxylic acids is 3. The third-order valence-electron chi connectivity index (χ3n) is 4.26. The molecule has 0 spiro atoms. The number of esters is 1. The van der Waals surface area contributed by atoms with Gasteiger partial charge in [0.15, 0.2) is 5.78 Å². The van der Waals surface area contributed by atoms with Crippen molar-refractivity contribution in [2.24, 2.45) is 0 Å². The van der Waals surface area contributed by atoms with Gasteiger partial charge in [-0.3, -0.25) is 4.79 Å². The number of ether oxygens (including phenoxy) is 2. The maximum absolute atomic E-state index is 12.9. The summed E-state index contributed by atoms with van der Waals surface area (Å²) in [5, 5.41) is 2.70. The highest BCUT2D eigenvalue weighted by atomic mass is 16.5. The lowest BCUT2D eigenvalue weighted by molar-refractivity contribution is 0.0587. The molecule has 8 heteroatoms. The van der Waals surface area contributed by atoms with Crippen molar-refractivity contribution in [2.45, 2.75) is 34.2 Å². The normalized spacial score (nSPS) is 10.5. The molecule has 1 rings (SSSR count). The largest absolute Gasteiger partial charge is 0.464 e. The SMILES string of the molecule is CCNC(=O)N(CCOC)CC(=O)c1c(C)c(C(=O)OC)n(CC)c1C. The van der Waals surface area contributed by atoms with E-state index in [-0.39, 0.29) is 18.4 Å². The zero-order valence-corrected chi connectivity index (χ0v) is 16.5. The van der Waals surface area contributed by atoms with Gasteiger partial charge in [0, 0.05) is 38.0 Å². The van der Waals surface area contributed by atoms with Crippen molar-refractivity contribution in [3.8, 4) is 0 Å². The number of amides is 2. The minimum Gasteiger partial charge on any atom is -0.464 e. The van der Waals surface area contributed by atoms with E-state index in [4.69, 9.17) is 9.47 Å². The van der Waals surface area contributed by atoms with Gasteiger partial charge in [0.05, 0.1) is 20.3 Å². The van der Waals surface area contributed by atoms with E-state index in [0.717, 1.165) is 0 Å². The van der Waals surface area contributed by atoms with Crippen LogP contribution in [0.4, 0.5) is 4.79 Å². The van der Waals surface area contributed by atoms with Crippen molar-refractivity contribution >= 4 is 17.8 Å². The highest BCUT2D eigenvalue weighted by Gasteiger charge is 2.28. The summed E-state index contributed by atoms with van der Waals surface area (Å²) in [6, 6.07) is -0.323. The first-order chi connectivity index (χ1) is 12.3. The molecule has 1 heterocycles. The molecule has 0 radical (unpaired) electrons. The summed E-state index contributed by atoms with van der Waals surface area (Å²) >= 11 is 0. The molecule has 0 saturated carbocycles. The van der Waals surface area contributed by atoms with E-state index < -0.39 is 5.97 Å². The Morgan fingerprint density at radius 2 is 1.81 bits per heavy atom. The van der Waals surface area contributed by atoms with Crippen molar-refractivity contribution in [3.05, 3.63) is 22.5 Å². The van der Waals surface area contributed by atoms with Crippen molar-refractivity contribution in [1.82, 2.24) is 14.8 Å². The molecule has 0 bridgehead atoms. The van der Waals surface area contributed by atoms with E-state index >= 15 is 0 Å². The quantitative estimate of drug-likeness (QED) is 0.531. The second kappa shape index (κ2) is 9.96. The van der Waals surface area contributed by atoms with Gasteiger partial charge in [-0.05, 0) is 33.3 Å². The van der Waals surface area contributed by atoms with Crippen LogP contribution >= 0.6 is 0 Å². The Hall–Kier alpha value is -2.35. The number of carbonyl (C=O) groups is 3. The summed E-state index contributed by atoms with van der Waals surface area (Å²) in [7, 11) is 2.85. The van der Waals surface area contributed by atoms with E-state index in [1.165, 1.54) is 19.1 Å². The standard InChI is InChI=1S/C18H29N3O5/c1-7-19-18(24)20(9-10-25-5)11-14(22)15-12(3)16(17(23)26-6)21(8-2)13(15)4/h7-11H2,1-6H3,(H,19,24). The first-order valence-electron chi connectivity index (χ1n) is 8.66. The average Bonchev–Trinajstić information content (AvgIpc) is 2.87. The molecular weight excluding hydrogens is 338 g/mol. The second-order valence-electron chi connectivity index (χ2n) is 5.84. The maximum Gasteiger partial charge on any atom is 0.354 e. The highest BCUT2D eigenvalue weighted by molar-refractivity contribution is 6.04. The molecule has 0 aliphatic carbocycles. The van der Waals surface area contributed by atoms with Crippen LogP contribution < -0.4 is 5.32 Å². The first-order valence-corrected chi connectivity index (χ1v) is 8.66. The number of methoxy groups -OCH3 is 2. The molecule has 0 atom stereocenters. The highest BCUT2D eigenvalue weighted by Crippen LogP contribution is 2.24. The van der Waals surface area contributed by atoms with E-state index in [1.807, 2.05) is 13.8 Å². The molecule has 1 aromatic heterocycles. The molecule has 8 nitrogen and oxygen atoms in total. The van der Waals surface area contributed by atoms with Gasteiger partial charge in [-0.2, -0.15) is 0 Å². The molecule has 1 N–H and O–H groups in total. The van der Waals surface area contributed by atoms with Gasteiger partial charge in [-0.15, -0.1) is 0 Å². The number of hydrogen-bond donors (Lipinski definition) is 1. The Labute approximate surface area is 154 Å². The number of hydrogen-bond acceptors (Lipinski definition) is 5. The fraction of sp³-hybridized carbons (Fsp3) is 0.611. The number of aromatic nitrogens is 1. The first kappa shape index (κ1) is 21.7. The molecular formula is C18H29N3O5. The third kappa shape index (κ3) is 4.63. The fourth-order valence-corrected chi connectivity index (χ4v) is 3.03. The van der Waals surface area contributed by atoms with Crippen LogP contribution in [0.3, 0.4) is 0 Å². The van der Waals surface area contributed by atoms with E-state index in [1.54, 1.807) is 18.4 Å². The summed E-state index contributed by atoms with van der Waals surface area (Å²) in [6.07, 6.45) is 0. The van der Waals surface area contributed by atoms with E-state index in [2.05, 4.69) is 5.32 Å². The van der Waals surface area contributed by atoms with Gasteiger partial charge < -0.3 is 24.3 Å². The number of nitrogens with one attached hydrogen (secondary N) is 1. The number of rotatable bonds is 9. The van der Waals surface area contributed by atoms with Crippen molar-refractivity contribution in [2.75, 3.05) is 40.5 Å². The molecule has 0 aromatic carbocycles. The summed E-state index contributed by atoms with van der Waals surface area (Å²) in [5.74, 6) is -0.703. The van der Waals surface area contributed by atoms with Gasteiger partial charge in [0.2, 0.25) is 0 Å². The minimum absolute atomic E-state index is 0.0921. The van der Waals surface area contributed by atoms with Crippen LogP contribution in [0.15, 0.2) is 0 Å². The van der Waals surface area contributed by atoms with Gasteiger partial charge in [-0.1, -0.05) is 0 Å².